The second kappa shape index (κ2) is 8.31. The van der Waals surface area contributed by atoms with Gasteiger partial charge in [0.05, 0.1) is 12.7 Å². The lowest BCUT2D eigenvalue weighted by Crippen LogP contribution is -2.33. The first kappa shape index (κ1) is 16.2. The molecule has 5 nitrogen and oxygen atoms in total. The number of nitrogens with one attached hydrogen (secondary N) is 1. The zero-order valence-corrected chi connectivity index (χ0v) is 11.3. The molecule has 0 aromatic heterocycles. The number of carbonyl (C=O) groups is 1. The van der Waals surface area contributed by atoms with Gasteiger partial charge in [-0.1, -0.05) is 0 Å². The number of ether oxygens (including phenoxy) is 2. The average molecular weight is 247 g/mol. The standard InChI is InChI=1S/C12H25NO4/c1-10(14)9-16-8-6-5-7-13-11(15)17-12(2,3)4/h10,14H,5-9H2,1-4H3,(H,13,15)/t10-/m0/s1. The molecule has 0 bridgehead atoms. The minimum atomic E-state index is -0.454. The molecule has 5 heteroatoms. The van der Waals surface area contributed by atoms with Gasteiger partial charge in [0, 0.05) is 13.2 Å². The third-order valence-corrected chi connectivity index (χ3v) is 1.74. The maximum Gasteiger partial charge on any atom is 0.407 e. The van der Waals surface area contributed by atoms with Gasteiger partial charge < -0.3 is 19.9 Å². The largest absolute Gasteiger partial charge is 0.444 e. The van der Waals surface area contributed by atoms with Crippen molar-refractivity contribution in [2.75, 3.05) is 19.8 Å². The number of unbranched alkanes of at least 4 members (excludes halogenated alkanes) is 1. The zero-order valence-electron chi connectivity index (χ0n) is 11.3. The lowest BCUT2D eigenvalue weighted by atomic mass is 10.2. The van der Waals surface area contributed by atoms with Crippen molar-refractivity contribution in [1.82, 2.24) is 5.32 Å². The highest BCUT2D eigenvalue weighted by Crippen LogP contribution is 2.06. The van der Waals surface area contributed by atoms with E-state index in [0.717, 1.165) is 12.8 Å². The van der Waals surface area contributed by atoms with Crippen LogP contribution in [0.2, 0.25) is 0 Å². The Hall–Kier alpha value is -0.810. The molecule has 0 saturated carbocycles. The van der Waals surface area contributed by atoms with Crippen molar-refractivity contribution in [2.24, 2.45) is 0 Å². The Labute approximate surface area is 103 Å². The molecule has 0 aromatic rings. The molecule has 0 spiro atoms. The summed E-state index contributed by atoms with van der Waals surface area (Å²) < 4.78 is 10.3. The SMILES string of the molecule is C[C@H](O)COCCCCNC(=O)OC(C)(C)C. The van der Waals surface area contributed by atoms with Crippen molar-refractivity contribution in [2.45, 2.75) is 52.2 Å². The Balaban J connectivity index is 3.31. The van der Waals surface area contributed by atoms with Crippen molar-refractivity contribution >= 4 is 6.09 Å². The van der Waals surface area contributed by atoms with E-state index < -0.39 is 11.7 Å². The summed E-state index contributed by atoms with van der Waals surface area (Å²) in [7, 11) is 0. The number of rotatable bonds is 7. The van der Waals surface area contributed by atoms with Crippen LogP contribution in [-0.2, 0) is 9.47 Å². The van der Waals surface area contributed by atoms with Crippen molar-refractivity contribution in [3.05, 3.63) is 0 Å². The van der Waals surface area contributed by atoms with E-state index in [4.69, 9.17) is 14.6 Å². The maximum atomic E-state index is 11.2. The molecule has 0 unspecified atom stereocenters. The minimum absolute atomic E-state index is 0.361. The smallest absolute Gasteiger partial charge is 0.407 e. The van der Waals surface area contributed by atoms with Crippen LogP contribution in [0.1, 0.15) is 40.5 Å². The second-order valence-corrected chi connectivity index (χ2v) is 5.06. The van der Waals surface area contributed by atoms with Crippen LogP contribution >= 0.6 is 0 Å². The Morgan fingerprint density at radius 3 is 2.53 bits per heavy atom. The molecule has 0 rings (SSSR count). The third kappa shape index (κ3) is 13.1. The molecule has 0 aromatic carbocycles. The summed E-state index contributed by atoms with van der Waals surface area (Å²) >= 11 is 0. The van der Waals surface area contributed by atoms with Crippen LogP contribution in [0.3, 0.4) is 0 Å². The van der Waals surface area contributed by atoms with Crippen molar-refractivity contribution < 1.29 is 19.4 Å². The molecule has 0 heterocycles. The molecule has 0 radical (unpaired) electrons. The summed E-state index contributed by atoms with van der Waals surface area (Å²) in [4.78, 5) is 11.2. The highest BCUT2D eigenvalue weighted by molar-refractivity contribution is 5.67. The van der Waals surface area contributed by atoms with E-state index >= 15 is 0 Å². The van der Waals surface area contributed by atoms with Crippen LogP contribution in [0.25, 0.3) is 0 Å². The van der Waals surface area contributed by atoms with E-state index in [0.29, 0.717) is 19.8 Å². The first-order chi connectivity index (χ1) is 7.81. The Morgan fingerprint density at radius 1 is 1.35 bits per heavy atom. The predicted molar refractivity (Wildman–Crippen MR) is 66.0 cm³/mol. The molecule has 0 aliphatic rings. The predicted octanol–water partition coefficient (Wildman–Crippen LogP) is 1.69. The maximum absolute atomic E-state index is 11.2. The van der Waals surface area contributed by atoms with E-state index in [2.05, 4.69) is 5.32 Å². The number of aliphatic hydroxyl groups excluding tert-OH is 1. The van der Waals surface area contributed by atoms with Gasteiger partial charge in [-0.3, -0.25) is 0 Å². The summed E-state index contributed by atoms with van der Waals surface area (Å²) in [5.41, 5.74) is -0.454. The molecule has 0 saturated heterocycles. The van der Waals surface area contributed by atoms with Crippen molar-refractivity contribution in [3.63, 3.8) is 0 Å². The lowest BCUT2D eigenvalue weighted by Gasteiger charge is -2.19. The van der Waals surface area contributed by atoms with E-state index in [1.807, 2.05) is 20.8 Å². The summed E-state index contributed by atoms with van der Waals surface area (Å²) in [5.74, 6) is 0. The van der Waals surface area contributed by atoms with Gasteiger partial charge in [-0.25, -0.2) is 4.79 Å². The van der Waals surface area contributed by atoms with Crippen LogP contribution in [0.4, 0.5) is 4.79 Å². The van der Waals surface area contributed by atoms with Crippen LogP contribution in [-0.4, -0.2) is 42.7 Å². The van der Waals surface area contributed by atoms with Crippen LogP contribution in [0.15, 0.2) is 0 Å². The molecule has 1 amide bonds. The summed E-state index contributed by atoms with van der Waals surface area (Å²) in [5, 5.41) is 11.6. The molecule has 102 valence electrons. The Kier molecular flexibility index (Phi) is 7.91. The van der Waals surface area contributed by atoms with Gasteiger partial charge in [-0.2, -0.15) is 0 Å². The highest BCUT2D eigenvalue weighted by Gasteiger charge is 2.15. The van der Waals surface area contributed by atoms with E-state index in [-0.39, 0.29) is 6.09 Å². The summed E-state index contributed by atoms with van der Waals surface area (Å²) in [6.07, 6.45) is 0.874. The van der Waals surface area contributed by atoms with E-state index in [1.165, 1.54) is 0 Å². The number of hydrogen-bond acceptors (Lipinski definition) is 4. The molecule has 17 heavy (non-hydrogen) atoms. The van der Waals surface area contributed by atoms with Gasteiger partial charge in [0.15, 0.2) is 0 Å². The highest BCUT2D eigenvalue weighted by atomic mass is 16.6. The fraction of sp³-hybridized carbons (Fsp3) is 0.917. The molecular weight excluding hydrogens is 222 g/mol. The molecule has 2 N–H and O–H groups in total. The Morgan fingerprint density at radius 2 is 2.00 bits per heavy atom. The number of aliphatic hydroxyl groups is 1. The monoisotopic (exact) mass is 247 g/mol. The van der Waals surface area contributed by atoms with E-state index in [1.54, 1.807) is 6.92 Å². The van der Waals surface area contributed by atoms with Crippen molar-refractivity contribution in [3.8, 4) is 0 Å². The summed E-state index contributed by atoms with van der Waals surface area (Å²) in [6, 6.07) is 0. The fourth-order valence-corrected chi connectivity index (χ4v) is 1.09. The number of alkyl carbamates (subject to hydrolysis) is 1. The van der Waals surface area contributed by atoms with Crippen molar-refractivity contribution in [1.29, 1.82) is 0 Å². The van der Waals surface area contributed by atoms with Crippen LogP contribution < -0.4 is 5.32 Å². The molecular formula is C12H25NO4. The van der Waals surface area contributed by atoms with Gasteiger partial charge >= 0.3 is 6.09 Å². The average Bonchev–Trinajstić information content (AvgIpc) is 2.12. The number of hydrogen-bond donors (Lipinski definition) is 2. The minimum Gasteiger partial charge on any atom is -0.444 e. The van der Waals surface area contributed by atoms with Crippen LogP contribution in [0.5, 0.6) is 0 Å². The van der Waals surface area contributed by atoms with Gasteiger partial charge in [0.25, 0.3) is 0 Å². The molecule has 0 aliphatic heterocycles. The quantitative estimate of drug-likeness (QED) is 0.672. The van der Waals surface area contributed by atoms with E-state index in [9.17, 15) is 4.79 Å². The molecule has 0 fully saturated rings. The lowest BCUT2D eigenvalue weighted by molar-refractivity contribution is 0.0437. The van der Waals surface area contributed by atoms with Gasteiger partial charge in [0.2, 0.25) is 0 Å². The third-order valence-electron chi connectivity index (χ3n) is 1.74. The summed E-state index contributed by atoms with van der Waals surface area (Å²) in [6.45, 7) is 8.71. The topological polar surface area (TPSA) is 67.8 Å². The molecule has 1 atom stereocenters. The number of carbonyl (C=O) groups excluding carboxylic acids is 1. The first-order valence-electron chi connectivity index (χ1n) is 6.04. The second-order valence-electron chi connectivity index (χ2n) is 5.06. The van der Waals surface area contributed by atoms with Gasteiger partial charge in [-0.05, 0) is 40.5 Å². The fourth-order valence-electron chi connectivity index (χ4n) is 1.09. The normalized spacial score (nSPS) is 13.2. The van der Waals surface area contributed by atoms with Crippen LogP contribution in [0, 0.1) is 0 Å². The number of amides is 1. The van der Waals surface area contributed by atoms with Gasteiger partial charge in [-0.15, -0.1) is 0 Å². The first-order valence-corrected chi connectivity index (χ1v) is 6.04. The zero-order chi connectivity index (χ0) is 13.3. The van der Waals surface area contributed by atoms with Gasteiger partial charge in [0.1, 0.15) is 5.60 Å². The Bertz CT molecular complexity index is 211. The molecule has 0 aliphatic carbocycles.